The number of amides is 1. The van der Waals surface area contributed by atoms with E-state index < -0.39 is 0 Å². The average molecular weight is 219 g/mol. The van der Waals surface area contributed by atoms with Crippen LogP contribution in [0.1, 0.15) is 25.3 Å². The topological polar surface area (TPSA) is 38.3 Å². The van der Waals surface area contributed by atoms with Gasteiger partial charge in [-0.1, -0.05) is 19.1 Å². The van der Waals surface area contributed by atoms with Gasteiger partial charge in [0.05, 0.1) is 0 Å². The van der Waals surface area contributed by atoms with E-state index in [4.69, 9.17) is 4.74 Å². The second-order valence-corrected chi connectivity index (χ2v) is 4.04. The van der Waals surface area contributed by atoms with E-state index >= 15 is 0 Å². The van der Waals surface area contributed by atoms with Gasteiger partial charge in [0.15, 0.2) is 0 Å². The van der Waals surface area contributed by atoms with Gasteiger partial charge in [-0.3, -0.25) is 4.79 Å². The molecule has 1 atom stereocenters. The summed E-state index contributed by atoms with van der Waals surface area (Å²) < 4.78 is 5.32. The van der Waals surface area contributed by atoms with Crippen molar-refractivity contribution in [2.45, 2.75) is 32.3 Å². The van der Waals surface area contributed by atoms with Crippen LogP contribution in [0.2, 0.25) is 0 Å². The second kappa shape index (κ2) is 5.12. The number of aryl methyl sites for hydroxylation is 1. The first-order chi connectivity index (χ1) is 7.79. The van der Waals surface area contributed by atoms with Crippen LogP contribution < -0.4 is 5.32 Å². The number of rotatable bonds is 3. The van der Waals surface area contributed by atoms with Crippen LogP contribution in [-0.4, -0.2) is 18.6 Å². The van der Waals surface area contributed by atoms with Crippen LogP contribution in [0.3, 0.4) is 0 Å². The van der Waals surface area contributed by atoms with Crippen molar-refractivity contribution in [3.05, 3.63) is 29.8 Å². The molecule has 0 radical (unpaired) electrons. The Hall–Kier alpha value is -1.35. The standard InChI is InChI=1S/C13H17NO2/c1-2-10-5-7-11(8-6-10)14-13(15)12-4-3-9-16-12/h5-8,12H,2-4,9H2,1H3,(H,14,15)/t12-/m1/s1. The van der Waals surface area contributed by atoms with Gasteiger partial charge in [0, 0.05) is 12.3 Å². The minimum atomic E-state index is -0.258. The van der Waals surface area contributed by atoms with Crippen LogP contribution >= 0.6 is 0 Å². The van der Waals surface area contributed by atoms with Gasteiger partial charge in [0.2, 0.25) is 0 Å². The molecule has 0 saturated carbocycles. The SMILES string of the molecule is CCc1ccc(NC(=O)[C@H]2CCCO2)cc1. The number of hydrogen-bond donors (Lipinski definition) is 1. The van der Waals surface area contributed by atoms with Crippen molar-refractivity contribution >= 4 is 11.6 Å². The number of carbonyl (C=O) groups excluding carboxylic acids is 1. The van der Waals surface area contributed by atoms with Crippen LogP contribution in [0.15, 0.2) is 24.3 Å². The fraction of sp³-hybridized carbons (Fsp3) is 0.462. The molecule has 0 unspecified atom stereocenters. The second-order valence-electron chi connectivity index (χ2n) is 4.04. The highest BCUT2D eigenvalue weighted by molar-refractivity contribution is 5.94. The minimum absolute atomic E-state index is 0.0262. The average Bonchev–Trinajstić information content (AvgIpc) is 2.83. The van der Waals surface area contributed by atoms with Gasteiger partial charge in [-0.15, -0.1) is 0 Å². The Morgan fingerprint density at radius 2 is 2.19 bits per heavy atom. The Labute approximate surface area is 95.8 Å². The lowest BCUT2D eigenvalue weighted by molar-refractivity contribution is -0.124. The molecule has 1 N–H and O–H groups in total. The van der Waals surface area contributed by atoms with E-state index in [1.165, 1.54) is 5.56 Å². The molecular formula is C13H17NO2. The van der Waals surface area contributed by atoms with Crippen molar-refractivity contribution in [3.8, 4) is 0 Å². The zero-order chi connectivity index (χ0) is 11.4. The van der Waals surface area contributed by atoms with E-state index in [1.54, 1.807) is 0 Å². The van der Waals surface area contributed by atoms with E-state index in [-0.39, 0.29) is 12.0 Å². The van der Waals surface area contributed by atoms with E-state index in [0.717, 1.165) is 24.9 Å². The Morgan fingerprint density at radius 1 is 1.44 bits per heavy atom. The Morgan fingerprint density at radius 3 is 2.75 bits per heavy atom. The lowest BCUT2D eigenvalue weighted by Crippen LogP contribution is -2.26. The van der Waals surface area contributed by atoms with Crippen LogP contribution in [0, 0.1) is 0 Å². The zero-order valence-corrected chi connectivity index (χ0v) is 9.53. The Kier molecular flexibility index (Phi) is 3.57. The van der Waals surface area contributed by atoms with Gasteiger partial charge >= 0.3 is 0 Å². The molecular weight excluding hydrogens is 202 g/mol. The summed E-state index contributed by atoms with van der Waals surface area (Å²) >= 11 is 0. The molecule has 16 heavy (non-hydrogen) atoms. The third-order valence-electron chi connectivity index (χ3n) is 2.85. The highest BCUT2D eigenvalue weighted by Gasteiger charge is 2.23. The Balaban J connectivity index is 1.94. The summed E-state index contributed by atoms with van der Waals surface area (Å²) in [5.74, 6) is -0.0262. The molecule has 0 bridgehead atoms. The first kappa shape index (κ1) is 11.1. The van der Waals surface area contributed by atoms with E-state index in [9.17, 15) is 4.79 Å². The molecule has 1 fully saturated rings. The normalized spacial score (nSPS) is 19.7. The molecule has 1 saturated heterocycles. The zero-order valence-electron chi connectivity index (χ0n) is 9.53. The van der Waals surface area contributed by atoms with E-state index in [1.807, 2.05) is 24.3 Å². The highest BCUT2D eigenvalue weighted by Crippen LogP contribution is 2.15. The minimum Gasteiger partial charge on any atom is -0.368 e. The van der Waals surface area contributed by atoms with Crippen molar-refractivity contribution in [2.75, 3.05) is 11.9 Å². The largest absolute Gasteiger partial charge is 0.368 e. The highest BCUT2D eigenvalue weighted by atomic mass is 16.5. The van der Waals surface area contributed by atoms with Crippen LogP contribution in [-0.2, 0) is 16.0 Å². The monoisotopic (exact) mass is 219 g/mol. The number of ether oxygens (including phenoxy) is 1. The molecule has 1 aliphatic rings. The summed E-state index contributed by atoms with van der Waals surface area (Å²) in [6.07, 6.45) is 2.57. The van der Waals surface area contributed by atoms with Crippen LogP contribution in [0.4, 0.5) is 5.69 Å². The smallest absolute Gasteiger partial charge is 0.253 e. The van der Waals surface area contributed by atoms with Crippen LogP contribution in [0.25, 0.3) is 0 Å². The predicted molar refractivity (Wildman–Crippen MR) is 63.4 cm³/mol. The molecule has 2 rings (SSSR count). The number of benzene rings is 1. The lowest BCUT2D eigenvalue weighted by atomic mass is 10.1. The summed E-state index contributed by atoms with van der Waals surface area (Å²) in [7, 11) is 0. The Bertz CT molecular complexity index is 353. The number of carbonyl (C=O) groups is 1. The molecule has 3 nitrogen and oxygen atoms in total. The van der Waals surface area contributed by atoms with Crippen molar-refractivity contribution in [1.82, 2.24) is 0 Å². The quantitative estimate of drug-likeness (QED) is 0.847. The first-order valence-electron chi connectivity index (χ1n) is 5.81. The molecule has 1 amide bonds. The number of nitrogens with one attached hydrogen (secondary N) is 1. The third kappa shape index (κ3) is 2.61. The number of anilines is 1. The summed E-state index contributed by atoms with van der Waals surface area (Å²) in [6, 6.07) is 7.94. The fourth-order valence-corrected chi connectivity index (χ4v) is 1.83. The molecule has 1 aromatic carbocycles. The summed E-state index contributed by atoms with van der Waals surface area (Å²) in [6.45, 7) is 2.81. The molecule has 0 aromatic heterocycles. The van der Waals surface area contributed by atoms with Gasteiger partial charge in [0.25, 0.3) is 5.91 Å². The maximum Gasteiger partial charge on any atom is 0.253 e. The molecule has 3 heteroatoms. The first-order valence-corrected chi connectivity index (χ1v) is 5.81. The predicted octanol–water partition coefficient (Wildman–Crippen LogP) is 2.37. The van der Waals surface area contributed by atoms with Crippen molar-refractivity contribution in [2.24, 2.45) is 0 Å². The molecule has 1 aromatic rings. The summed E-state index contributed by atoms with van der Waals surface area (Å²) in [5, 5.41) is 2.87. The van der Waals surface area contributed by atoms with Crippen molar-refractivity contribution in [1.29, 1.82) is 0 Å². The van der Waals surface area contributed by atoms with Crippen molar-refractivity contribution < 1.29 is 9.53 Å². The summed E-state index contributed by atoms with van der Waals surface area (Å²) in [5.41, 5.74) is 2.12. The van der Waals surface area contributed by atoms with Gasteiger partial charge in [-0.2, -0.15) is 0 Å². The molecule has 0 spiro atoms. The van der Waals surface area contributed by atoms with Gasteiger partial charge < -0.3 is 10.1 Å². The number of hydrogen-bond acceptors (Lipinski definition) is 2. The summed E-state index contributed by atoms with van der Waals surface area (Å²) in [4.78, 5) is 11.7. The van der Waals surface area contributed by atoms with Crippen molar-refractivity contribution in [3.63, 3.8) is 0 Å². The maximum absolute atomic E-state index is 11.7. The maximum atomic E-state index is 11.7. The van der Waals surface area contributed by atoms with E-state index in [0.29, 0.717) is 6.61 Å². The van der Waals surface area contributed by atoms with Gasteiger partial charge in [0.1, 0.15) is 6.10 Å². The molecule has 0 aliphatic carbocycles. The fourth-order valence-electron chi connectivity index (χ4n) is 1.83. The van der Waals surface area contributed by atoms with E-state index in [2.05, 4.69) is 12.2 Å². The lowest BCUT2D eigenvalue weighted by Gasteiger charge is -2.10. The van der Waals surface area contributed by atoms with Gasteiger partial charge in [-0.05, 0) is 37.0 Å². The van der Waals surface area contributed by atoms with Gasteiger partial charge in [-0.25, -0.2) is 0 Å². The molecule has 1 aliphatic heterocycles. The third-order valence-corrected chi connectivity index (χ3v) is 2.85. The molecule has 1 heterocycles. The molecule has 86 valence electrons. The van der Waals surface area contributed by atoms with Crippen LogP contribution in [0.5, 0.6) is 0 Å².